The number of benzene rings is 1. The van der Waals surface area contributed by atoms with Crippen LogP contribution in [0, 0.1) is 5.92 Å². The van der Waals surface area contributed by atoms with E-state index in [9.17, 15) is 0 Å². The molecule has 0 amide bonds. The molecule has 0 aliphatic heterocycles. The van der Waals surface area contributed by atoms with Crippen molar-refractivity contribution >= 4 is 0 Å². The van der Waals surface area contributed by atoms with Gasteiger partial charge in [-0.1, -0.05) is 26.0 Å². The molecule has 0 spiro atoms. The number of rotatable bonds is 8. The van der Waals surface area contributed by atoms with Gasteiger partial charge in [0.25, 0.3) is 0 Å². The van der Waals surface area contributed by atoms with Crippen LogP contribution in [-0.2, 0) is 0 Å². The molecular weight excluding hydrogens is 248 g/mol. The van der Waals surface area contributed by atoms with E-state index in [2.05, 4.69) is 30.9 Å². The minimum absolute atomic E-state index is 0.0880. The first-order valence-corrected chi connectivity index (χ1v) is 7.82. The van der Waals surface area contributed by atoms with Gasteiger partial charge in [-0.25, -0.2) is 0 Å². The SMILES string of the molecule is CCOc1ccc(C(N)CN(CC(C)C)C2CC2)cc1. The quantitative estimate of drug-likeness (QED) is 0.792. The van der Waals surface area contributed by atoms with Gasteiger partial charge in [-0.2, -0.15) is 0 Å². The van der Waals surface area contributed by atoms with Crippen LogP contribution in [0.3, 0.4) is 0 Å². The number of nitrogens with zero attached hydrogens (tertiary/aromatic N) is 1. The van der Waals surface area contributed by atoms with Crippen LogP contribution >= 0.6 is 0 Å². The van der Waals surface area contributed by atoms with Gasteiger partial charge < -0.3 is 10.5 Å². The topological polar surface area (TPSA) is 38.5 Å². The zero-order chi connectivity index (χ0) is 14.5. The number of hydrogen-bond donors (Lipinski definition) is 1. The Bertz CT molecular complexity index is 398. The predicted octanol–water partition coefficient (Wildman–Crippen LogP) is 3.21. The van der Waals surface area contributed by atoms with E-state index in [1.54, 1.807) is 0 Å². The highest BCUT2D eigenvalue weighted by Gasteiger charge is 2.30. The normalized spacial score (nSPS) is 16.7. The van der Waals surface area contributed by atoms with Crippen molar-refractivity contribution in [3.8, 4) is 5.75 Å². The van der Waals surface area contributed by atoms with Gasteiger partial charge in [0.1, 0.15) is 5.75 Å². The monoisotopic (exact) mass is 276 g/mol. The summed E-state index contributed by atoms with van der Waals surface area (Å²) in [4.78, 5) is 2.56. The first kappa shape index (κ1) is 15.3. The summed E-state index contributed by atoms with van der Waals surface area (Å²) in [5, 5.41) is 0. The average Bonchev–Trinajstić information content (AvgIpc) is 3.23. The first-order chi connectivity index (χ1) is 9.60. The minimum atomic E-state index is 0.0880. The van der Waals surface area contributed by atoms with Crippen LogP contribution in [0.2, 0.25) is 0 Å². The van der Waals surface area contributed by atoms with Crippen molar-refractivity contribution < 1.29 is 4.74 Å². The van der Waals surface area contributed by atoms with Crippen LogP contribution in [0.4, 0.5) is 0 Å². The number of hydrogen-bond acceptors (Lipinski definition) is 3. The fourth-order valence-electron chi connectivity index (χ4n) is 2.62. The Kier molecular flexibility index (Phi) is 5.44. The van der Waals surface area contributed by atoms with Crippen molar-refractivity contribution in [2.45, 2.75) is 45.7 Å². The molecule has 0 heterocycles. The Morgan fingerprint density at radius 1 is 1.20 bits per heavy atom. The van der Waals surface area contributed by atoms with Crippen LogP contribution in [0.5, 0.6) is 5.75 Å². The molecule has 1 aliphatic rings. The lowest BCUT2D eigenvalue weighted by Gasteiger charge is -2.27. The maximum Gasteiger partial charge on any atom is 0.119 e. The summed E-state index contributed by atoms with van der Waals surface area (Å²) in [5.74, 6) is 1.62. The van der Waals surface area contributed by atoms with E-state index >= 15 is 0 Å². The van der Waals surface area contributed by atoms with Crippen LogP contribution in [-0.4, -0.2) is 30.6 Å². The fourth-order valence-corrected chi connectivity index (χ4v) is 2.62. The molecule has 1 fully saturated rings. The summed E-state index contributed by atoms with van der Waals surface area (Å²) >= 11 is 0. The summed E-state index contributed by atoms with van der Waals surface area (Å²) in [6, 6.07) is 9.08. The molecule has 2 N–H and O–H groups in total. The summed E-state index contributed by atoms with van der Waals surface area (Å²) in [6.07, 6.45) is 2.67. The van der Waals surface area contributed by atoms with E-state index in [0.29, 0.717) is 12.5 Å². The van der Waals surface area contributed by atoms with E-state index in [1.807, 2.05) is 19.1 Å². The Labute approximate surface area is 123 Å². The van der Waals surface area contributed by atoms with Crippen LogP contribution in [0.1, 0.15) is 45.2 Å². The molecule has 0 bridgehead atoms. The summed E-state index contributed by atoms with van der Waals surface area (Å²) < 4.78 is 5.47. The highest BCUT2D eigenvalue weighted by Crippen LogP contribution is 2.29. The molecule has 1 unspecified atom stereocenters. The van der Waals surface area contributed by atoms with Crippen molar-refractivity contribution in [1.29, 1.82) is 0 Å². The fraction of sp³-hybridized carbons (Fsp3) is 0.647. The third-order valence-corrected chi connectivity index (χ3v) is 3.71. The van der Waals surface area contributed by atoms with Gasteiger partial charge in [0.2, 0.25) is 0 Å². The Hall–Kier alpha value is -1.06. The van der Waals surface area contributed by atoms with E-state index in [4.69, 9.17) is 10.5 Å². The number of ether oxygens (including phenoxy) is 1. The second kappa shape index (κ2) is 7.09. The van der Waals surface area contributed by atoms with Gasteiger partial charge in [0.05, 0.1) is 6.61 Å². The van der Waals surface area contributed by atoms with E-state index in [-0.39, 0.29) is 6.04 Å². The molecule has 0 saturated heterocycles. The van der Waals surface area contributed by atoms with Gasteiger partial charge in [-0.15, -0.1) is 0 Å². The third-order valence-electron chi connectivity index (χ3n) is 3.71. The van der Waals surface area contributed by atoms with Crippen LogP contribution in [0.25, 0.3) is 0 Å². The van der Waals surface area contributed by atoms with Gasteiger partial charge in [-0.05, 0) is 43.4 Å². The first-order valence-electron chi connectivity index (χ1n) is 7.82. The Balaban J connectivity index is 1.93. The van der Waals surface area contributed by atoms with Crippen molar-refractivity contribution in [2.24, 2.45) is 11.7 Å². The average molecular weight is 276 g/mol. The van der Waals surface area contributed by atoms with Gasteiger partial charge in [0.15, 0.2) is 0 Å². The molecule has 1 aliphatic carbocycles. The van der Waals surface area contributed by atoms with E-state index < -0.39 is 0 Å². The molecule has 2 rings (SSSR count). The lowest BCUT2D eigenvalue weighted by molar-refractivity contribution is 0.221. The molecule has 1 aromatic rings. The van der Waals surface area contributed by atoms with Gasteiger partial charge in [-0.3, -0.25) is 4.90 Å². The summed E-state index contributed by atoms with van der Waals surface area (Å²) in [5.41, 5.74) is 7.58. The van der Waals surface area contributed by atoms with E-state index in [1.165, 1.54) is 18.4 Å². The van der Waals surface area contributed by atoms with Crippen molar-refractivity contribution in [2.75, 3.05) is 19.7 Å². The molecule has 112 valence electrons. The van der Waals surface area contributed by atoms with Crippen molar-refractivity contribution in [3.63, 3.8) is 0 Å². The molecular formula is C17H28N2O. The predicted molar refractivity (Wildman–Crippen MR) is 84.0 cm³/mol. The van der Waals surface area contributed by atoms with E-state index in [0.717, 1.165) is 24.9 Å². The molecule has 3 nitrogen and oxygen atoms in total. The smallest absolute Gasteiger partial charge is 0.119 e. The molecule has 1 atom stereocenters. The zero-order valence-electron chi connectivity index (χ0n) is 13.0. The van der Waals surface area contributed by atoms with Gasteiger partial charge in [0, 0.05) is 25.2 Å². The maximum atomic E-state index is 6.38. The Morgan fingerprint density at radius 2 is 1.85 bits per heavy atom. The molecule has 1 aromatic carbocycles. The van der Waals surface area contributed by atoms with Crippen molar-refractivity contribution in [3.05, 3.63) is 29.8 Å². The van der Waals surface area contributed by atoms with Crippen LogP contribution < -0.4 is 10.5 Å². The highest BCUT2D eigenvalue weighted by atomic mass is 16.5. The molecule has 20 heavy (non-hydrogen) atoms. The summed E-state index contributed by atoms with van der Waals surface area (Å²) in [6.45, 7) is 9.36. The molecule has 0 aromatic heterocycles. The Morgan fingerprint density at radius 3 is 2.35 bits per heavy atom. The molecule has 1 saturated carbocycles. The summed E-state index contributed by atoms with van der Waals surface area (Å²) in [7, 11) is 0. The largest absolute Gasteiger partial charge is 0.494 e. The lowest BCUT2D eigenvalue weighted by Crippen LogP contribution is -2.36. The van der Waals surface area contributed by atoms with Gasteiger partial charge >= 0.3 is 0 Å². The highest BCUT2D eigenvalue weighted by molar-refractivity contribution is 5.29. The second-order valence-corrected chi connectivity index (χ2v) is 6.19. The second-order valence-electron chi connectivity index (χ2n) is 6.19. The molecule has 3 heteroatoms. The third kappa shape index (κ3) is 4.50. The van der Waals surface area contributed by atoms with Crippen molar-refractivity contribution in [1.82, 2.24) is 4.90 Å². The minimum Gasteiger partial charge on any atom is -0.494 e. The lowest BCUT2D eigenvalue weighted by atomic mass is 10.1. The number of nitrogens with two attached hydrogens (primary N) is 1. The standard InChI is InChI=1S/C17H28N2O/c1-4-20-16-9-5-14(6-10-16)17(18)12-19(11-13(2)3)15-7-8-15/h5-6,9-10,13,15,17H,4,7-8,11-12,18H2,1-3H3. The molecule has 0 radical (unpaired) electrons. The van der Waals surface area contributed by atoms with Crippen LogP contribution in [0.15, 0.2) is 24.3 Å². The maximum absolute atomic E-state index is 6.38. The zero-order valence-corrected chi connectivity index (χ0v) is 13.0.